The van der Waals surface area contributed by atoms with Crippen LogP contribution in [0.15, 0.2) is 85.1 Å². The highest BCUT2D eigenvalue weighted by Crippen LogP contribution is 2.34. The van der Waals surface area contributed by atoms with Gasteiger partial charge in [-0.1, -0.05) is 30.3 Å². The normalized spacial score (nSPS) is 11.2. The summed E-state index contributed by atoms with van der Waals surface area (Å²) in [6, 6.07) is 21.0. The van der Waals surface area contributed by atoms with Crippen LogP contribution in [-0.2, 0) is 6.18 Å². The minimum atomic E-state index is -4.57. The standard InChI is InChI=1S/C24H19F3N4O2/c1-33-18-13-11-16(12-14-18)22-19(15-31(30-22)17-7-3-2-4-8-17)23(32)29-28-21-10-6-5-9-20(21)24(25,26)27/h2-15,28H,1H3,(H,29,32). The lowest BCUT2D eigenvalue weighted by atomic mass is 10.1. The van der Waals surface area contributed by atoms with Crippen LogP contribution in [0, 0.1) is 0 Å². The van der Waals surface area contributed by atoms with E-state index in [2.05, 4.69) is 16.0 Å². The molecule has 0 saturated carbocycles. The van der Waals surface area contributed by atoms with Gasteiger partial charge in [-0.05, 0) is 48.5 Å². The summed E-state index contributed by atoms with van der Waals surface area (Å²) in [5.74, 6) is -0.00218. The van der Waals surface area contributed by atoms with Crippen molar-refractivity contribution in [2.75, 3.05) is 12.5 Å². The number of ether oxygens (including phenoxy) is 1. The Kier molecular flexibility index (Phi) is 6.03. The smallest absolute Gasteiger partial charge is 0.418 e. The molecule has 0 bridgehead atoms. The maximum atomic E-state index is 13.3. The average Bonchev–Trinajstić information content (AvgIpc) is 3.28. The molecular weight excluding hydrogens is 433 g/mol. The van der Waals surface area contributed by atoms with Crippen molar-refractivity contribution in [1.29, 1.82) is 0 Å². The Morgan fingerprint density at radius 3 is 2.27 bits per heavy atom. The van der Waals surface area contributed by atoms with Crippen molar-refractivity contribution in [3.05, 3.63) is 96.2 Å². The topological polar surface area (TPSA) is 68.2 Å². The SMILES string of the molecule is COc1ccc(-c2nn(-c3ccccc3)cc2C(=O)NNc2ccccc2C(F)(F)F)cc1. The van der Waals surface area contributed by atoms with Crippen molar-refractivity contribution in [1.82, 2.24) is 15.2 Å². The van der Waals surface area contributed by atoms with Crippen LogP contribution in [0.1, 0.15) is 15.9 Å². The molecule has 1 heterocycles. The minimum absolute atomic E-state index is 0.181. The van der Waals surface area contributed by atoms with E-state index in [-0.39, 0.29) is 11.3 Å². The highest BCUT2D eigenvalue weighted by atomic mass is 19.4. The molecule has 0 radical (unpaired) electrons. The number of amides is 1. The fourth-order valence-corrected chi connectivity index (χ4v) is 3.25. The van der Waals surface area contributed by atoms with Gasteiger partial charge in [0.1, 0.15) is 11.4 Å². The number of nitrogens with one attached hydrogen (secondary N) is 2. The third-order valence-corrected chi connectivity index (χ3v) is 4.89. The quantitative estimate of drug-likeness (QED) is 0.389. The molecule has 2 N–H and O–H groups in total. The lowest BCUT2D eigenvalue weighted by molar-refractivity contribution is -0.137. The Labute approximate surface area is 187 Å². The van der Waals surface area contributed by atoms with E-state index in [0.717, 1.165) is 11.8 Å². The van der Waals surface area contributed by atoms with Crippen molar-refractivity contribution in [3.8, 4) is 22.7 Å². The van der Waals surface area contributed by atoms with Gasteiger partial charge in [0.05, 0.1) is 29.6 Å². The number of anilines is 1. The molecule has 6 nitrogen and oxygen atoms in total. The van der Waals surface area contributed by atoms with Crippen LogP contribution >= 0.6 is 0 Å². The second-order valence-corrected chi connectivity index (χ2v) is 7.02. The van der Waals surface area contributed by atoms with Crippen molar-refractivity contribution in [2.24, 2.45) is 0 Å². The predicted octanol–water partition coefficient (Wildman–Crippen LogP) is 5.32. The zero-order valence-corrected chi connectivity index (χ0v) is 17.4. The number of hydrazine groups is 1. The molecule has 4 aromatic rings. The first-order valence-electron chi connectivity index (χ1n) is 9.89. The molecule has 168 valence electrons. The van der Waals surface area contributed by atoms with Crippen LogP contribution in [0.3, 0.4) is 0 Å². The number of alkyl halides is 3. The Bertz CT molecular complexity index is 1250. The number of halogens is 3. The molecule has 0 spiro atoms. The van der Waals surface area contributed by atoms with E-state index in [1.165, 1.54) is 29.1 Å². The zero-order valence-electron chi connectivity index (χ0n) is 17.4. The fraction of sp³-hybridized carbons (Fsp3) is 0.0833. The van der Waals surface area contributed by atoms with Crippen molar-refractivity contribution >= 4 is 11.6 Å². The van der Waals surface area contributed by atoms with E-state index >= 15 is 0 Å². The molecular formula is C24H19F3N4O2. The van der Waals surface area contributed by atoms with Crippen molar-refractivity contribution in [2.45, 2.75) is 6.18 Å². The lowest BCUT2D eigenvalue weighted by Crippen LogP contribution is -2.30. The molecule has 1 amide bonds. The summed E-state index contributed by atoms with van der Waals surface area (Å²) in [7, 11) is 1.54. The molecule has 1 aromatic heterocycles. The van der Waals surface area contributed by atoms with Gasteiger partial charge in [0.2, 0.25) is 0 Å². The number of hydrogen-bond donors (Lipinski definition) is 2. The highest BCUT2D eigenvalue weighted by molar-refractivity contribution is 6.00. The van der Waals surface area contributed by atoms with Crippen LogP contribution in [0.4, 0.5) is 18.9 Å². The monoisotopic (exact) mass is 452 g/mol. The van der Waals surface area contributed by atoms with Gasteiger partial charge in [0.25, 0.3) is 5.91 Å². The zero-order chi connectivity index (χ0) is 23.4. The number of para-hydroxylation sites is 2. The van der Waals surface area contributed by atoms with E-state index in [1.54, 1.807) is 31.4 Å². The van der Waals surface area contributed by atoms with Gasteiger partial charge in [0, 0.05) is 11.8 Å². The molecule has 0 aliphatic carbocycles. The first kappa shape index (κ1) is 21.9. The summed E-state index contributed by atoms with van der Waals surface area (Å²) in [6.45, 7) is 0. The summed E-state index contributed by atoms with van der Waals surface area (Å²) in [6.07, 6.45) is -3.04. The van der Waals surface area contributed by atoms with Gasteiger partial charge >= 0.3 is 6.18 Å². The number of carbonyl (C=O) groups excluding carboxylic acids is 1. The fourth-order valence-electron chi connectivity index (χ4n) is 3.25. The first-order chi connectivity index (χ1) is 15.9. The van der Waals surface area contributed by atoms with Crippen LogP contribution in [-0.4, -0.2) is 22.8 Å². The number of hydrogen-bond acceptors (Lipinski definition) is 4. The van der Waals surface area contributed by atoms with Crippen LogP contribution < -0.4 is 15.6 Å². The number of methoxy groups -OCH3 is 1. The molecule has 0 aliphatic heterocycles. The number of aromatic nitrogens is 2. The number of rotatable bonds is 6. The number of nitrogens with zero attached hydrogens (tertiary/aromatic N) is 2. The summed E-state index contributed by atoms with van der Waals surface area (Å²) >= 11 is 0. The van der Waals surface area contributed by atoms with Gasteiger partial charge in [0.15, 0.2) is 0 Å². The van der Waals surface area contributed by atoms with Gasteiger partial charge in [-0.3, -0.25) is 15.6 Å². The molecule has 4 rings (SSSR count). The second-order valence-electron chi connectivity index (χ2n) is 7.02. The van der Waals surface area contributed by atoms with Crippen molar-refractivity contribution in [3.63, 3.8) is 0 Å². The van der Waals surface area contributed by atoms with Crippen LogP contribution in [0.2, 0.25) is 0 Å². The molecule has 0 atom stereocenters. The van der Waals surface area contributed by atoms with Gasteiger partial charge in [-0.15, -0.1) is 0 Å². The molecule has 0 aliphatic rings. The number of carbonyl (C=O) groups is 1. The maximum Gasteiger partial charge on any atom is 0.418 e. The third-order valence-electron chi connectivity index (χ3n) is 4.89. The van der Waals surface area contributed by atoms with Gasteiger partial charge in [-0.25, -0.2) is 4.68 Å². The molecule has 3 aromatic carbocycles. The second kappa shape index (κ2) is 9.07. The molecule has 0 fully saturated rings. The highest BCUT2D eigenvalue weighted by Gasteiger charge is 2.33. The van der Waals surface area contributed by atoms with E-state index in [9.17, 15) is 18.0 Å². The molecule has 0 saturated heterocycles. The van der Waals surface area contributed by atoms with Crippen LogP contribution in [0.25, 0.3) is 16.9 Å². The third kappa shape index (κ3) is 4.82. The molecule has 33 heavy (non-hydrogen) atoms. The average molecular weight is 452 g/mol. The maximum absolute atomic E-state index is 13.3. The van der Waals surface area contributed by atoms with E-state index < -0.39 is 17.6 Å². The van der Waals surface area contributed by atoms with Gasteiger partial charge < -0.3 is 4.74 Å². The van der Waals surface area contributed by atoms with Crippen molar-refractivity contribution < 1.29 is 22.7 Å². The number of benzene rings is 3. The molecule has 9 heteroatoms. The Morgan fingerprint density at radius 1 is 0.939 bits per heavy atom. The van der Waals surface area contributed by atoms with Crippen LogP contribution in [0.5, 0.6) is 5.75 Å². The molecule has 0 unspecified atom stereocenters. The Hall–Kier alpha value is -4.27. The first-order valence-corrected chi connectivity index (χ1v) is 9.89. The van der Waals surface area contributed by atoms with E-state index in [1.807, 2.05) is 30.3 Å². The minimum Gasteiger partial charge on any atom is -0.497 e. The Morgan fingerprint density at radius 2 is 1.61 bits per heavy atom. The summed E-state index contributed by atoms with van der Waals surface area (Å²) in [5.41, 5.74) is 5.51. The largest absolute Gasteiger partial charge is 0.497 e. The summed E-state index contributed by atoms with van der Waals surface area (Å²) in [4.78, 5) is 13.0. The summed E-state index contributed by atoms with van der Waals surface area (Å²) < 4.78 is 46.5. The summed E-state index contributed by atoms with van der Waals surface area (Å²) in [5, 5.41) is 4.55. The lowest BCUT2D eigenvalue weighted by Gasteiger charge is -2.14. The van der Waals surface area contributed by atoms with E-state index in [0.29, 0.717) is 17.0 Å². The van der Waals surface area contributed by atoms with E-state index in [4.69, 9.17) is 4.74 Å². The van der Waals surface area contributed by atoms with Gasteiger partial charge in [-0.2, -0.15) is 18.3 Å². The predicted molar refractivity (Wildman–Crippen MR) is 118 cm³/mol. The Balaban J connectivity index is 1.67.